The molecular weight excluding hydrogens is 278 g/mol. The molecule has 1 fully saturated rings. The number of benzene rings is 1. The zero-order valence-corrected chi connectivity index (χ0v) is 12.3. The van der Waals surface area contributed by atoms with Gasteiger partial charge in [0.2, 0.25) is 0 Å². The van der Waals surface area contributed by atoms with Crippen molar-refractivity contribution in [2.45, 2.75) is 25.3 Å². The van der Waals surface area contributed by atoms with Crippen LogP contribution in [-0.4, -0.2) is 42.2 Å². The summed E-state index contributed by atoms with van der Waals surface area (Å²) in [4.78, 5) is 13.6. The number of nitrogens with zero attached hydrogens (tertiary/aromatic N) is 1. The first-order valence-corrected chi connectivity index (χ1v) is 7.13. The largest absolute Gasteiger partial charge is 0.478 e. The number of piperidine rings is 1. The summed E-state index contributed by atoms with van der Waals surface area (Å²) in [5.41, 5.74) is 6.57. The van der Waals surface area contributed by atoms with Crippen LogP contribution in [0.1, 0.15) is 29.6 Å². The predicted octanol–water partition coefficient (Wildman–Crippen LogP) is 2.52. The first kappa shape index (κ1) is 14.9. The van der Waals surface area contributed by atoms with Gasteiger partial charge in [-0.3, -0.25) is 0 Å². The summed E-state index contributed by atoms with van der Waals surface area (Å²) in [7, 11) is 2.09. The van der Waals surface area contributed by atoms with Crippen LogP contribution >= 0.6 is 11.6 Å². The third-order valence-corrected chi connectivity index (χ3v) is 4.08. The van der Waals surface area contributed by atoms with Crippen molar-refractivity contribution < 1.29 is 9.90 Å². The summed E-state index contributed by atoms with van der Waals surface area (Å²) in [6, 6.07) is 3.40. The number of likely N-dealkylation sites (N-methyl/N-ethyl adjacent to an activating group) is 1. The summed E-state index contributed by atoms with van der Waals surface area (Å²) < 4.78 is 0. The van der Waals surface area contributed by atoms with Crippen molar-refractivity contribution in [2.75, 3.05) is 31.2 Å². The van der Waals surface area contributed by atoms with Crippen LogP contribution in [0.15, 0.2) is 12.1 Å². The average Bonchev–Trinajstić information content (AvgIpc) is 2.38. The van der Waals surface area contributed by atoms with Gasteiger partial charge in [-0.05, 0) is 38.6 Å². The molecular formula is C14H20ClN3O2. The molecule has 1 aliphatic rings. The van der Waals surface area contributed by atoms with E-state index in [1.54, 1.807) is 6.07 Å². The van der Waals surface area contributed by atoms with Gasteiger partial charge in [-0.2, -0.15) is 0 Å². The molecule has 0 saturated carbocycles. The Morgan fingerprint density at radius 3 is 2.95 bits per heavy atom. The van der Waals surface area contributed by atoms with Crippen LogP contribution in [0.25, 0.3) is 0 Å². The Hall–Kier alpha value is -1.46. The second-order valence-electron chi connectivity index (χ2n) is 5.24. The van der Waals surface area contributed by atoms with Gasteiger partial charge in [0.05, 0.1) is 16.3 Å². The zero-order chi connectivity index (χ0) is 14.7. The number of halogens is 1. The zero-order valence-electron chi connectivity index (χ0n) is 11.5. The monoisotopic (exact) mass is 297 g/mol. The summed E-state index contributed by atoms with van der Waals surface area (Å²) in [5.74, 6) is -1.03. The van der Waals surface area contributed by atoms with Gasteiger partial charge in [0.1, 0.15) is 0 Å². The lowest BCUT2D eigenvalue weighted by atomic mass is 10.0. The van der Waals surface area contributed by atoms with Crippen LogP contribution in [0.2, 0.25) is 5.02 Å². The van der Waals surface area contributed by atoms with E-state index in [4.69, 9.17) is 17.3 Å². The average molecular weight is 298 g/mol. The number of carboxylic acids is 1. The lowest BCUT2D eigenvalue weighted by molar-refractivity contribution is 0.0698. The van der Waals surface area contributed by atoms with Crippen LogP contribution in [0, 0.1) is 0 Å². The number of carbonyl (C=O) groups is 1. The number of hydrogen-bond acceptors (Lipinski definition) is 4. The van der Waals surface area contributed by atoms with Crippen LogP contribution in [-0.2, 0) is 0 Å². The quantitative estimate of drug-likeness (QED) is 0.744. The molecule has 0 aromatic heterocycles. The van der Waals surface area contributed by atoms with Crippen molar-refractivity contribution in [3.05, 3.63) is 22.7 Å². The number of hydrogen-bond donors (Lipinski definition) is 3. The van der Waals surface area contributed by atoms with E-state index in [-0.39, 0.29) is 5.56 Å². The van der Waals surface area contributed by atoms with Gasteiger partial charge < -0.3 is 21.1 Å². The van der Waals surface area contributed by atoms with E-state index >= 15 is 0 Å². The SMILES string of the molecule is CN1CCCCC1CNc1c(Cl)cc(N)cc1C(=O)O. The molecule has 1 aromatic carbocycles. The standard InChI is InChI=1S/C14H20ClN3O2/c1-18-5-3-2-4-10(18)8-17-13-11(14(19)20)6-9(16)7-12(13)15/h6-7,10,17H,2-5,8,16H2,1H3,(H,19,20). The Bertz CT molecular complexity index is 507. The number of likely N-dealkylation sites (tertiary alicyclic amines) is 1. The number of aromatic carboxylic acids is 1. The molecule has 2 rings (SSSR count). The Balaban J connectivity index is 2.14. The summed E-state index contributed by atoms with van der Waals surface area (Å²) >= 11 is 6.11. The molecule has 4 N–H and O–H groups in total. The molecule has 1 saturated heterocycles. The number of nitrogens with one attached hydrogen (secondary N) is 1. The third-order valence-electron chi connectivity index (χ3n) is 3.78. The first-order valence-electron chi connectivity index (χ1n) is 6.75. The molecule has 1 unspecified atom stereocenters. The van der Waals surface area contributed by atoms with Gasteiger partial charge in [0.15, 0.2) is 0 Å². The maximum absolute atomic E-state index is 11.3. The third kappa shape index (κ3) is 3.35. The van der Waals surface area contributed by atoms with Crippen LogP contribution in [0.4, 0.5) is 11.4 Å². The number of nitrogens with two attached hydrogens (primary N) is 1. The van der Waals surface area contributed by atoms with Gasteiger partial charge in [0.25, 0.3) is 0 Å². The van der Waals surface area contributed by atoms with E-state index in [9.17, 15) is 9.90 Å². The van der Waals surface area contributed by atoms with Crippen molar-refractivity contribution in [1.82, 2.24) is 4.90 Å². The molecule has 6 heteroatoms. The second-order valence-corrected chi connectivity index (χ2v) is 5.65. The van der Waals surface area contributed by atoms with Crippen molar-refractivity contribution in [2.24, 2.45) is 0 Å². The molecule has 110 valence electrons. The van der Waals surface area contributed by atoms with Gasteiger partial charge in [0, 0.05) is 18.3 Å². The van der Waals surface area contributed by atoms with Gasteiger partial charge in [-0.1, -0.05) is 18.0 Å². The Morgan fingerprint density at radius 1 is 1.55 bits per heavy atom. The molecule has 1 atom stereocenters. The Labute approximate surface area is 123 Å². The van der Waals surface area contributed by atoms with E-state index in [1.165, 1.54) is 18.9 Å². The molecule has 1 aliphatic heterocycles. The molecule has 1 heterocycles. The maximum Gasteiger partial charge on any atom is 0.337 e. The fourth-order valence-electron chi connectivity index (χ4n) is 2.60. The molecule has 0 aliphatic carbocycles. The highest BCUT2D eigenvalue weighted by atomic mass is 35.5. The number of rotatable bonds is 4. The van der Waals surface area contributed by atoms with Crippen LogP contribution in [0.3, 0.4) is 0 Å². The highest BCUT2D eigenvalue weighted by Crippen LogP contribution is 2.29. The van der Waals surface area contributed by atoms with E-state index in [1.807, 2.05) is 0 Å². The lowest BCUT2D eigenvalue weighted by Crippen LogP contribution is -2.40. The first-order chi connectivity index (χ1) is 9.49. The molecule has 20 heavy (non-hydrogen) atoms. The minimum atomic E-state index is -1.03. The van der Waals surface area contributed by atoms with Gasteiger partial charge in [-0.25, -0.2) is 4.79 Å². The van der Waals surface area contributed by atoms with Crippen molar-refractivity contribution in [3.63, 3.8) is 0 Å². The van der Waals surface area contributed by atoms with E-state index in [2.05, 4.69) is 17.3 Å². The minimum Gasteiger partial charge on any atom is -0.478 e. The van der Waals surface area contributed by atoms with Crippen molar-refractivity contribution in [1.29, 1.82) is 0 Å². The lowest BCUT2D eigenvalue weighted by Gasteiger charge is -2.33. The smallest absolute Gasteiger partial charge is 0.337 e. The molecule has 0 spiro atoms. The van der Waals surface area contributed by atoms with Gasteiger partial charge in [-0.15, -0.1) is 0 Å². The topological polar surface area (TPSA) is 78.6 Å². The molecule has 5 nitrogen and oxygen atoms in total. The summed E-state index contributed by atoms with van der Waals surface area (Å²) in [6.07, 6.45) is 3.53. The Morgan fingerprint density at radius 2 is 2.30 bits per heavy atom. The fourth-order valence-corrected chi connectivity index (χ4v) is 2.89. The molecule has 0 bridgehead atoms. The summed E-state index contributed by atoms with van der Waals surface area (Å²) in [5, 5.41) is 12.8. The molecule has 0 radical (unpaired) electrons. The van der Waals surface area contributed by atoms with E-state index < -0.39 is 5.97 Å². The van der Waals surface area contributed by atoms with E-state index in [0.717, 1.165) is 13.0 Å². The highest BCUT2D eigenvalue weighted by Gasteiger charge is 2.20. The highest BCUT2D eigenvalue weighted by molar-refractivity contribution is 6.34. The van der Waals surface area contributed by atoms with Crippen molar-refractivity contribution in [3.8, 4) is 0 Å². The Kier molecular flexibility index (Phi) is 4.73. The van der Waals surface area contributed by atoms with E-state index in [0.29, 0.717) is 29.0 Å². The maximum atomic E-state index is 11.3. The minimum absolute atomic E-state index is 0.119. The second kappa shape index (κ2) is 6.33. The molecule has 0 amide bonds. The summed E-state index contributed by atoms with van der Waals surface area (Å²) in [6.45, 7) is 1.76. The van der Waals surface area contributed by atoms with Crippen LogP contribution in [0.5, 0.6) is 0 Å². The fraction of sp³-hybridized carbons (Fsp3) is 0.500. The predicted molar refractivity (Wildman–Crippen MR) is 81.6 cm³/mol. The number of nitrogen functional groups attached to an aromatic ring is 1. The normalized spacial score (nSPS) is 19.8. The van der Waals surface area contributed by atoms with Crippen LogP contribution < -0.4 is 11.1 Å². The van der Waals surface area contributed by atoms with Gasteiger partial charge >= 0.3 is 5.97 Å². The number of anilines is 2. The molecule has 1 aromatic rings. The van der Waals surface area contributed by atoms with Crippen molar-refractivity contribution >= 4 is 28.9 Å². The number of carboxylic acid groups (broad SMARTS) is 1.